The molecule has 0 heterocycles. The van der Waals surface area contributed by atoms with Crippen LogP contribution in [0.15, 0.2) is 48.5 Å². The minimum Gasteiger partial charge on any atom is -0.494 e. The Hall–Kier alpha value is -2.25. The largest absolute Gasteiger partial charge is 0.494 e. The molecule has 0 aliphatic heterocycles. The SMILES string of the molecule is CCOc1ccccc1CCCNC(=O)[C@@H](C)N(c1cccc(Cl)c1)S(C)(=O)=O. The smallest absolute Gasteiger partial charge is 0.243 e. The topological polar surface area (TPSA) is 75.7 Å². The van der Waals surface area contributed by atoms with E-state index in [1.165, 1.54) is 6.07 Å². The Bertz CT molecular complexity index is 934. The number of aryl methyl sites for hydroxylation is 1. The molecule has 0 spiro atoms. The number of sulfonamides is 1. The summed E-state index contributed by atoms with van der Waals surface area (Å²) in [6, 6.07) is 13.3. The molecule has 8 heteroatoms. The third-order valence-corrected chi connectivity index (χ3v) is 5.82. The zero-order valence-electron chi connectivity index (χ0n) is 16.9. The van der Waals surface area contributed by atoms with Gasteiger partial charge in [-0.15, -0.1) is 0 Å². The van der Waals surface area contributed by atoms with Gasteiger partial charge < -0.3 is 10.1 Å². The number of halogens is 1. The Morgan fingerprint density at radius 1 is 1.21 bits per heavy atom. The number of nitrogens with one attached hydrogen (secondary N) is 1. The lowest BCUT2D eigenvalue weighted by Crippen LogP contribution is -2.48. The number of carbonyl (C=O) groups excluding carboxylic acids is 1. The standard InChI is InChI=1S/C21H27ClN2O4S/c1-4-28-20-13-6-5-9-17(20)10-8-14-23-21(25)16(2)24(29(3,26)27)19-12-7-11-18(22)15-19/h5-7,9,11-13,15-16H,4,8,10,14H2,1-3H3,(H,23,25)/t16-/m1/s1. The number of nitrogens with zero attached hydrogens (tertiary/aromatic N) is 1. The van der Waals surface area contributed by atoms with Crippen molar-refractivity contribution in [1.82, 2.24) is 5.32 Å². The van der Waals surface area contributed by atoms with Crippen LogP contribution in [-0.2, 0) is 21.2 Å². The Balaban J connectivity index is 1.98. The van der Waals surface area contributed by atoms with Crippen molar-refractivity contribution in [3.05, 3.63) is 59.1 Å². The predicted molar refractivity (Wildman–Crippen MR) is 117 cm³/mol. The molecule has 2 aromatic carbocycles. The van der Waals surface area contributed by atoms with Crippen LogP contribution in [0.5, 0.6) is 5.75 Å². The molecule has 1 N–H and O–H groups in total. The Morgan fingerprint density at radius 2 is 1.93 bits per heavy atom. The fourth-order valence-corrected chi connectivity index (χ4v) is 4.42. The van der Waals surface area contributed by atoms with Gasteiger partial charge in [-0.05, 0) is 56.5 Å². The molecule has 2 rings (SSSR count). The highest BCUT2D eigenvalue weighted by Crippen LogP contribution is 2.24. The predicted octanol–water partition coefficient (Wildman–Crippen LogP) is 3.64. The Labute approximate surface area is 177 Å². The number of hydrogen-bond acceptors (Lipinski definition) is 4. The van der Waals surface area contributed by atoms with Gasteiger partial charge in [-0.2, -0.15) is 0 Å². The second-order valence-corrected chi connectivity index (χ2v) is 8.95. The number of benzene rings is 2. The molecule has 1 atom stereocenters. The first-order valence-corrected chi connectivity index (χ1v) is 11.7. The third kappa shape index (κ3) is 6.65. The fraction of sp³-hybridized carbons (Fsp3) is 0.381. The van der Waals surface area contributed by atoms with Crippen LogP contribution < -0.4 is 14.4 Å². The first-order valence-electron chi connectivity index (χ1n) is 9.47. The van der Waals surface area contributed by atoms with Gasteiger partial charge in [0, 0.05) is 11.6 Å². The maximum absolute atomic E-state index is 12.6. The first-order chi connectivity index (χ1) is 13.7. The molecular weight excluding hydrogens is 412 g/mol. The van der Waals surface area contributed by atoms with E-state index in [4.69, 9.17) is 16.3 Å². The molecule has 2 aromatic rings. The average molecular weight is 439 g/mol. The molecule has 29 heavy (non-hydrogen) atoms. The second-order valence-electron chi connectivity index (χ2n) is 6.65. The Morgan fingerprint density at radius 3 is 2.59 bits per heavy atom. The maximum atomic E-state index is 12.6. The van der Waals surface area contributed by atoms with Crippen LogP contribution in [0.1, 0.15) is 25.8 Å². The van der Waals surface area contributed by atoms with Crippen molar-refractivity contribution in [2.45, 2.75) is 32.7 Å². The quantitative estimate of drug-likeness (QED) is 0.574. The molecule has 0 fully saturated rings. The van der Waals surface area contributed by atoms with Crippen molar-refractivity contribution in [2.75, 3.05) is 23.7 Å². The van der Waals surface area contributed by atoms with Crippen molar-refractivity contribution in [3.8, 4) is 5.75 Å². The summed E-state index contributed by atoms with van der Waals surface area (Å²) in [4.78, 5) is 12.6. The maximum Gasteiger partial charge on any atom is 0.243 e. The molecule has 0 bridgehead atoms. The summed E-state index contributed by atoms with van der Waals surface area (Å²) in [5.41, 5.74) is 1.43. The summed E-state index contributed by atoms with van der Waals surface area (Å²) in [6.45, 7) is 4.51. The van der Waals surface area contributed by atoms with Crippen molar-refractivity contribution < 1.29 is 17.9 Å². The van der Waals surface area contributed by atoms with Gasteiger partial charge in [-0.25, -0.2) is 8.42 Å². The molecular formula is C21H27ClN2O4S. The molecule has 6 nitrogen and oxygen atoms in total. The van der Waals surface area contributed by atoms with E-state index in [0.717, 1.165) is 28.3 Å². The number of ether oxygens (including phenoxy) is 1. The molecule has 0 aromatic heterocycles. The van der Waals surface area contributed by atoms with Crippen LogP contribution in [0.2, 0.25) is 5.02 Å². The van der Waals surface area contributed by atoms with E-state index in [2.05, 4.69) is 5.32 Å². The molecule has 0 radical (unpaired) electrons. The van der Waals surface area contributed by atoms with Gasteiger partial charge in [0.1, 0.15) is 11.8 Å². The van der Waals surface area contributed by atoms with Crippen molar-refractivity contribution in [2.24, 2.45) is 0 Å². The van der Waals surface area contributed by atoms with Gasteiger partial charge in [0.25, 0.3) is 0 Å². The molecule has 0 saturated heterocycles. The molecule has 0 aliphatic carbocycles. The van der Waals surface area contributed by atoms with E-state index in [-0.39, 0.29) is 5.91 Å². The van der Waals surface area contributed by atoms with E-state index in [1.807, 2.05) is 31.2 Å². The van der Waals surface area contributed by atoms with Crippen LogP contribution in [0, 0.1) is 0 Å². The number of hydrogen-bond donors (Lipinski definition) is 1. The Kier molecular flexibility index (Phi) is 8.34. The average Bonchev–Trinajstić information content (AvgIpc) is 2.65. The summed E-state index contributed by atoms with van der Waals surface area (Å²) < 4.78 is 31.3. The number of carbonyl (C=O) groups is 1. The van der Waals surface area contributed by atoms with Crippen LogP contribution in [0.3, 0.4) is 0 Å². The second kappa shape index (κ2) is 10.5. The van der Waals surface area contributed by atoms with Crippen molar-refractivity contribution >= 4 is 33.2 Å². The lowest BCUT2D eigenvalue weighted by atomic mass is 10.1. The minimum absolute atomic E-state index is 0.355. The van der Waals surface area contributed by atoms with E-state index in [1.54, 1.807) is 25.1 Å². The molecule has 0 aliphatic rings. The van der Waals surface area contributed by atoms with Crippen LogP contribution in [0.4, 0.5) is 5.69 Å². The highest BCUT2D eigenvalue weighted by atomic mass is 35.5. The van der Waals surface area contributed by atoms with Crippen LogP contribution >= 0.6 is 11.6 Å². The number of para-hydroxylation sites is 1. The van der Waals surface area contributed by atoms with Gasteiger partial charge in [0.2, 0.25) is 15.9 Å². The molecule has 0 saturated carbocycles. The fourth-order valence-electron chi connectivity index (χ4n) is 3.07. The molecule has 158 valence electrons. The molecule has 0 unspecified atom stereocenters. The number of anilines is 1. The molecule has 1 amide bonds. The number of rotatable bonds is 10. The normalized spacial score (nSPS) is 12.3. The monoisotopic (exact) mass is 438 g/mol. The van der Waals surface area contributed by atoms with Gasteiger partial charge >= 0.3 is 0 Å². The lowest BCUT2D eigenvalue weighted by molar-refractivity contribution is -0.121. The van der Waals surface area contributed by atoms with E-state index < -0.39 is 16.1 Å². The zero-order chi connectivity index (χ0) is 21.4. The lowest BCUT2D eigenvalue weighted by Gasteiger charge is -2.28. The van der Waals surface area contributed by atoms with Crippen molar-refractivity contribution in [3.63, 3.8) is 0 Å². The van der Waals surface area contributed by atoms with Crippen LogP contribution in [-0.4, -0.2) is 39.8 Å². The van der Waals surface area contributed by atoms with Crippen LogP contribution in [0.25, 0.3) is 0 Å². The van der Waals surface area contributed by atoms with Gasteiger partial charge in [0.15, 0.2) is 0 Å². The van der Waals surface area contributed by atoms with Crippen molar-refractivity contribution in [1.29, 1.82) is 0 Å². The highest BCUT2D eigenvalue weighted by molar-refractivity contribution is 7.92. The summed E-state index contributed by atoms with van der Waals surface area (Å²) in [5.74, 6) is 0.479. The first kappa shape index (κ1) is 23.0. The summed E-state index contributed by atoms with van der Waals surface area (Å²) >= 11 is 5.99. The number of amides is 1. The minimum atomic E-state index is -3.67. The summed E-state index contributed by atoms with van der Waals surface area (Å²) in [6.07, 6.45) is 2.52. The zero-order valence-corrected chi connectivity index (χ0v) is 18.5. The van der Waals surface area contributed by atoms with E-state index in [9.17, 15) is 13.2 Å². The van der Waals surface area contributed by atoms with Gasteiger partial charge in [-0.3, -0.25) is 9.10 Å². The highest BCUT2D eigenvalue weighted by Gasteiger charge is 2.29. The third-order valence-electron chi connectivity index (χ3n) is 4.35. The summed E-state index contributed by atoms with van der Waals surface area (Å²) in [5, 5.41) is 3.22. The van der Waals surface area contributed by atoms with Gasteiger partial charge in [0.05, 0.1) is 18.6 Å². The summed E-state index contributed by atoms with van der Waals surface area (Å²) in [7, 11) is -3.67. The van der Waals surface area contributed by atoms with E-state index in [0.29, 0.717) is 30.3 Å². The van der Waals surface area contributed by atoms with E-state index >= 15 is 0 Å². The van der Waals surface area contributed by atoms with Gasteiger partial charge in [-0.1, -0.05) is 35.9 Å².